The van der Waals surface area contributed by atoms with Crippen LogP contribution < -0.4 is 5.32 Å². The second-order valence-electron chi connectivity index (χ2n) is 3.13. The number of aromatic amines is 1. The Bertz CT molecular complexity index is 421. The predicted octanol–water partition coefficient (Wildman–Crippen LogP) is 0.279. The summed E-state index contributed by atoms with van der Waals surface area (Å²) in [5, 5.41) is 21.0. The van der Waals surface area contributed by atoms with Gasteiger partial charge in [-0.2, -0.15) is 0 Å². The van der Waals surface area contributed by atoms with Gasteiger partial charge in [-0.05, 0) is 11.0 Å². The van der Waals surface area contributed by atoms with Crippen molar-refractivity contribution in [3.8, 4) is 0 Å². The summed E-state index contributed by atoms with van der Waals surface area (Å²) in [6, 6.07) is 2.21. The van der Waals surface area contributed by atoms with Crippen LogP contribution in [0, 0.1) is 10.1 Å². The van der Waals surface area contributed by atoms with Crippen LogP contribution in [-0.4, -0.2) is 40.0 Å². The first-order valence-corrected chi connectivity index (χ1v) is 4.49. The third-order valence-electron chi connectivity index (χ3n) is 1.87. The number of halogens is 2. The molecule has 1 heterocycles. The highest BCUT2D eigenvalue weighted by molar-refractivity contribution is 5.92. The maximum atomic E-state index is 11.9. The third-order valence-corrected chi connectivity index (χ3v) is 1.87. The lowest BCUT2D eigenvalue weighted by Gasteiger charge is -2.08. The van der Waals surface area contributed by atoms with Crippen LogP contribution in [0.15, 0.2) is 12.1 Å². The van der Waals surface area contributed by atoms with E-state index in [0.29, 0.717) is 0 Å². The summed E-state index contributed by atoms with van der Waals surface area (Å²) in [5.41, 5.74) is -0.141. The maximum absolute atomic E-state index is 11.9. The van der Waals surface area contributed by atoms with Crippen LogP contribution in [0.1, 0.15) is 10.5 Å². The van der Waals surface area contributed by atoms with Gasteiger partial charge in [-0.15, -0.1) is 0 Å². The fourth-order valence-electron chi connectivity index (χ4n) is 1.00. The molecule has 0 bridgehead atoms. The minimum Gasteiger partial charge on any atom is -0.385 e. The first-order valence-electron chi connectivity index (χ1n) is 4.49. The van der Waals surface area contributed by atoms with Gasteiger partial charge >= 0.3 is 5.82 Å². The molecule has 1 aromatic rings. The summed E-state index contributed by atoms with van der Waals surface area (Å²) < 4.78 is 23.8. The SMILES string of the molecule is O=C(NCC(O)C(F)F)c1ccc([N+](=O)[O-])[nH]1. The summed E-state index contributed by atoms with van der Waals surface area (Å²) in [7, 11) is 0. The molecule has 0 aromatic carbocycles. The second-order valence-corrected chi connectivity index (χ2v) is 3.13. The zero-order valence-electron chi connectivity index (χ0n) is 8.39. The summed E-state index contributed by atoms with van der Waals surface area (Å²) >= 11 is 0. The van der Waals surface area contributed by atoms with Gasteiger partial charge in [0.25, 0.3) is 12.3 Å². The maximum Gasteiger partial charge on any atom is 0.321 e. The summed E-state index contributed by atoms with van der Waals surface area (Å²) in [6.07, 6.45) is -4.93. The fourth-order valence-corrected chi connectivity index (χ4v) is 1.00. The van der Waals surface area contributed by atoms with Crippen molar-refractivity contribution in [2.24, 2.45) is 0 Å². The number of nitrogens with one attached hydrogen (secondary N) is 2. The highest BCUT2D eigenvalue weighted by Crippen LogP contribution is 2.09. The molecule has 9 heteroatoms. The van der Waals surface area contributed by atoms with E-state index in [-0.39, 0.29) is 11.5 Å². The zero-order valence-corrected chi connectivity index (χ0v) is 8.39. The lowest BCUT2D eigenvalue weighted by molar-refractivity contribution is -0.389. The molecule has 1 unspecified atom stereocenters. The highest BCUT2D eigenvalue weighted by Gasteiger charge is 2.20. The number of hydrogen-bond donors (Lipinski definition) is 3. The number of carbonyl (C=O) groups is 1. The molecule has 0 fully saturated rings. The predicted molar refractivity (Wildman–Crippen MR) is 51.8 cm³/mol. The molecule has 94 valence electrons. The van der Waals surface area contributed by atoms with E-state index < -0.39 is 29.9 Å². The molecule has 0 aliphatic carbocycles. The Labute approximate surface area is 93.6 Å². The number of carbonyl (C=O) groups excluding carboxylic acids is 1. The quantitative estimate of drug-likeness (QED) is 0.514. The van der Waals surface area contributed by atoms with E-state index in [1.54, 1.807) is 0 Å². The molecular formula is C8H9F2N3O4. The van der Waals surface area contributed by atoms with Crippen LogP contribution in [0.5, 0.6) is 0 Å². The Kier molecular flexibility index (Phi) is 4.10. The number of aliphatic hydroxyl groups is 1. The number of rotatable bonds is 5. The van der Waals surface area contributed by atoms with E-state index in [9.17, 15) is 23.7 Å². The molecule has 0 saturated carbocycles. The van der Waals surface area contributed by atoms with Crippen molar-refractivity contribution in [2.75, 3.05) is 6.54 Å². The number of alkyl halides is 2. The monoisotopic (exact) mass is 249 g/mol. The lowest BCUT2D eigenvalue weighted by atomic mass is 10.3. The number of nitrogens with zero attached hydrogens (tertiary/aromatic N) is 1. The van der Waals surface area contributed by atoms with E-state index in [1.165, 1.54) is 0 Å². The molecule has 0 radical (unpaired) electrons. The van der Waals surface area contributed by atoms with Crippen LogP contribution in [0.2, 0.25) is 0 Å². The lowest BCUT2D eigenvalue weighted by Crippen LogP contribution is -2.35. The molecule has 17 heavy (non-hydrogen) atoms. The summed E-state index contributed by atoms with van der Waals surface area (Å²) in [4.78, 5) is 23.0. The first kappa shape index (κ1) is 13.0. The average Bonchev–Trinajstić information content (AvgIpc) is 2.74. The fraction of sp³-hybridized carbons (Fsp3) is 0.375. The minimum absolute atomic E-state index is 0.141. The van der Waals surface area contributed by atoms with Crippen molar-refractivity contribution >= 4 is 11.7 Å². The Balaban J connectivity index is 2.55. The zero-order chi connectivity index (χ0) is 13.0. The normalized spacial score (nSPS) is 12.5. The Morgan fingerprint density at radius 2 is 2.24 bits per heavy atom. The molecule has 1 aromatic heterocycles. The number of hydrogen-bond acceptors (Lipinski definition) is 4. The van der Waals surface area contributed by atoms with Gasteiger partial charge in [0.2, 0.25) is 0 Å². The molecule has 0 aliphatic heterocycles. The van der Waals surface area contributed by atoms with Crippen LogP contribution in [0.3, 0.4) is 0 Å². The van der Waals surface area contributed by atoms with E-state index in [0.717, 1.165) is 12.1 Å². The summed E-state index contributed by atoms with van der Waals surface area (Å²) in [6.45, 7) is -0.636. The summed E-state index contributed by atoms with van der Waals surface area (Å²) in [5.74, 6) is -1.19. The van der Waals surface area contributed by atoms with Crippen molar-refractivity contribution in [3.05, 3.63) is 27.9 Å². The molecule has 0 aliphatic rings. The average molecular weight is 249 g/mol. The van der Waals surface area contributed by atoms with Gasteiger partial charge in [0, 0.05) is 12.6 Å². The number of H-pyrrole nitrogens is 1. The molecule has 1 atom stereocenters. The number of aliphatic hydroxyl groups excluding tert-OH is 1. The van der Waals surface area contributed by atoms with Crippen molar-refractivity contribution in [2.45, 2.75) is 12.5 Å². The van der Waals surface area contributed by atoms with Crippen molar-refractivity contribution in [3.63, 3.8) is 0 Å². The van der Waals surface area contributed by atoms with Crippen LogP contribution >= 0.6 is 0 Å². The van der Waals surface area contributed by atoms with Gasteiger partial charge in [0.15, 0.2) is 5.69 Å². The minimum atomic E-state index is -2.96. The van der Waals surface area contributed by atoms with E-state index in [2.05, 4.69) is 4.98 Å². The van der Waals surface area contributed by atoms with Gasteiger partial charge in [0.05, 0.1) is 0 Å². The van der Waals surface area contributed by atoms with Crippen molar-refractivity contribution < 1.29 is 23.6 Å². The largest absolute Gasteiger partial charge is 0.385 e. The molecule has 0 saturated heterocycles. The molecule has 1 amide bonds. The molecule has 1 rings (SSSR count). The Hall–Kier alpha value is -2.03. The van der Waals surface area contributed by atoms with Crippen molar-refractivity contribution in [1.29, 1.82) is 0 Å². The van der Waals surface area contributed by atoms with Gasteiger partial charge in [0.1, 0.15) is 6.10 Å². The van der Waals surface area contributed by atoms with Crippen LogP contribution in [-0.2, 0) is 0 Å². The molecule has 3 N–H and O–H groups in total. The van der Waals surface area contributed by atoms with Gasteiger partial charge < -0.3 is 20.5 Å². The van der Waals surface area contributed by atoms with Crippen LogP contribution in [0.4, 0.5) is 14.6 Å². The van der Waals surface area contributed by atoms with Crippen LogP contribution in [0.25, 0.3) is 0 Å². The topological polar surface area (TPSA) is 108 Å². The third kappa shape index (κ3) is 3.48. The second kappa shape index (κ2) is 5.34. The van der Waals surface area contributed by atoms with Gasteiger partial charge in [-0.1, -0.05) is 0 Å². The van der Waals surface area contributed by atoms with E-state index in [1.807, 2.05) is 5.32 Å². The standard InChI is InChI=1S/C8H9F2N3O4/c9-7(10)5(14)3-11-8(15)4-1-2-6(12-4)13(16)17/h1-2,5,7,12,14H,3H2,(H,11,15). The molecular weight excluding hydrogens is 240 g/mol. The first-order chi connectivity index (χ1) is 7.91. The number of nitro groups is 1. The molecule has 0 spiro atoms. The molecule has 7 nitrogen and oxygen atoms in total. The smallest absolute Gasteiger partial charge is 0.321 e. The van der Waals surface area contributed by atoms with Gasteiger partial charge in [-0.25, -0.2) is 13.8 Å². The highest BCUT2D eigenvalue weighted by atomic mass is 19.3. The number of amides is 1. The number of aromatic nitrogens is 1. The Morgan fingerprint density at radius 1 is 1.59 bits per heavy atom. The van der Waals surface area contributed by atoms with E-state index in [4.69, 9.17) is 5.11 Å². The van der Waals surface area contributed by atoms with Crippen molar-refractivity contribution in [1.82, 2.24) is 10.3 Å². The van der Waals surface area contributed by atoms with E-state index >= 15 is 0 Å². The Morgan fingerprint density at radius 3 is 2.71 bits per heavy atom. The van der Waals surface area contributed by atoms with Gasteiger partial charge in [-0.3, -0.25) is 4.79 Å².